The van der Waals surface area contributed by atoms with Crippen LogP contribution in [0.4, 0.5) is 5.69 Å². The van der Waals surface area contributed by atoms with Gasteiger partial charge in [0.2, 0.25) is 10.0 Å². The molecule has 26 heavy (non-hydrogen) atoms. The maximum atomic E-state index is 12.3. The molecular weight excluding hydrogens is 352 g/mol. The molecule has 0 fully saturated rings. The minimum atomic E-state index is -3.54. The largest absolute Gasteiger partial charge is 0.350 e. The fraction of sp³-hybridized carbons (Fsp3) is 0.167. The number of para-hydroxylation sites is 1. The van der Waals surface area contributed by atoms with Crippen molar-refractivity contribution in [1.29, 1.82) is 0 Å². The molecule has 0 radical (unpaired) electrons. The lowest BCUT2D eigenvalue weighted by molar-refractivity contribution is 0.0954. The van der Waals surface area contributed by atoms with Crippen LogP contribution in [-0.4, -0.2) is 43.6 Å². The van der Waals surface area contributed by atoms with Gasteiger partial charge in [-0.3, -0.25) is 19.1 Å². The predicted molar refractivity (Wildman–Crippen MR) is 101 cm³/mol. The summed E-state index contributed by atoms with van der Waals surface area (Å²) in [4.78, 5) is 20.3. The Kier molecular flexibility index (Phi) is 5.13. The normalized spacial score (nSPS) is 11.3. The lowest BCUT2D eigenvalue weighted by Crippen LogP contribution is -2.38. The van der Waals surface area contributed by atoms with Crippen LogP contribution in [0.1, 0.15) is 10.4 Å². The Morgan fingerprint density at radius 2 is 1.88 bits per heavy atom. The zero-order valence-corrected chi connectivity index (χ0v) is 15.0. The van der Waals surface area contributed by atoms with Crippen molar-refractivity contribution in [3.8, 4) is 0 Å². The van der Waals surface area contributed by atoms with E-state index >= 15 is 0 Å². The molecule has 0 saturated carbocycles. The minimum absolute atomic E-state index is 0.0977. The van der Waals surface area contributed by atoms with E-state index in [9.17, 15) is 13.2 Å². The highest BCUT2D eigenvalue weighted by atomic mass is 32.2. The number of anilines is 1. The van der Waals surface area contributed by atoms with Crippen LogP contribution in [0.25, 0.3) is 10.9 Å². The van der Waals surface area contributed by atoms with Crippen LogP contribution in [0, 0.1) is 0 Å². The SMILES string of the molecule is CS(=O)(=O)N(CCNC(=O)c1cccnc1)c1cccc2cccnc12. The Morgan fingerprint density at radius 1 is 1.12 bits per heavy atom. The fourth-order valence-electron chi connectivity index (χ4n) is 2.62. The van der Waals surface area contributed by atoms with Crippen LogP contribution in [0.3, 0.4) is 0 Å². The highest BCUT2D eigenvalue weighted by Gasteiger charge is 2.20. The fourth-order valence-corrected chi connectivity index (χ4v) is 3.55. The molecule has 3 rings (SSSR count). The molecule has 0 unspecified atom stereocenters. The zero-order chi connectivity index (χ0) is 18.6. The van der Waals surface area contributed by atoms with Gasteiger partial charge in [0.1, 0.15) is 0 Å². The topological polar surface area (TPSA) is 92.3 Å². The summed E-state index contributed by atoms with van der Waals surface area (Å²) in [5, 5.41) is 3.56. The van der Waals surface area contributed by atoms with Crippen molar-refractivity contribution in [2.24, 2.45) is 0 Å². The number of hydrogen-bond donors (Lipinski definition) is 1. The maximum Gasteiger partial charge on any atom is 0.252 e. The molecule has 0 aliphatic heterocycles. The number of carbonyl (C=O) groups is 1. The Bertz CT molecular complexity index is 1020. The number of rotatable bonds is 6. The van der Waals surface area contributed by atoms with E-state index in [0.717, 1.165) is 11.6 Å². The molecular formula is C18H18N4O3S. The number of benzene rings is 1. The zero-order valence-electron chi connectivity index (χ0n) is 14.2. The van der Waals surface area contributed by atoms with Gasteiger partial charge in [-0.25, -0.2) is 8.42 Å². The number of amides is 1. The first-order valence-electron chi connectivity index (χ1n) is 7.96. The second kappa shape index (κ2) is 7.49. The molecule has 1 N–H and O–H groups in total. The average Bonchev–Trinajstić information content (AvgIpc) is 2.64. The number of carbonyl (C=O) groups excluding carboxylic acids is 1. The van der Waals surface area contributed by atoms with Gasteiger partial charge in [-0.1, -0.05) is 18.2 Å². The summed E-state index contributed by atoms with van der Waals surface area (Å²) < 4.78 is 25.8. The first kappa shape index (κ1) is 17.8. The molecule has 8 heteroatoms. The summed E-state index contributed by atoms with van der Waals surface area (Å²) in [5.74, 6) is -0.303. The first-order valence-corrected chi connectivity index (χ1v) is 9.81. The molecule has 0 aliphatic carbocycles. The third-order valence-electron chi connectivity index (χ3n) is 3.80. The lowest BCUT2D eigenvalue weighted by atomic mass is 10.2. The summed E-state index contributed by atoms with van der Waals surface area (Å²) in [6, 6.07) is 12.3. The van der Waals surface area contributed by atoms with Gasteiger partial charge in [-0.05, 0) is 24.3 Å². The molecule has 0 bridgehead atoms. The number of fused-ring (bicyclic) bond motifs is 1. The number of nitrogens with zero attached hydrogens (tertiary/aromatic N) is 3. The summed E-state index contributed by atoms with van der Waals surface area (Å²) >= 11 is 0. The van der Waals surface area contributed by atoms with Gasteiger partial charge in [0, 0.05) is 30.5 Å². The van der Waals surface area contributed by atoms with E-state index in [1.807, 2.05) is 12.1 Å². The molecule has 2 heterocycles. The van der Waals surface area contributed by atoms with Crippen molar-refractivity contribution in [2.75, 3.05) is 23.7 Å². The van der Waals surface area contributed by atoms with Crippen LogP contribution < -0.4 is 9.62 Å². The lowest BCUT2D eigenvalue weighted by Gasteiger charge is -2.23. The maximum absolute atomic E-state index is 12.3. The standard InChI is InChI=1S/C18H18N4O3S/c1-26(24,25)22(12-11-21-18(23)15-7-3-9-19-13-15)16-8-2-5-14-6-4-10-20-17(14)16/h2-10,13H,11-12H2,1H3,(H,21,23). The van der Waals surface area contributed by atoms with E-state index in [2.05, 4.69) is 15.3 Å². The summed E-state index contributed by atoms with van der Waals surface area (Å²) in [7, 11) is -3.54. The second-order valence-electron chi connectivity index (χ2n) is 5.68. The number of nitrogens with one attached hydrogen (secondary N) is 1. The third-order valence-corrected chi connectivity index (χ3v) is 4.98. The number of pyridine rings is 2. The molecule has 134 valence electrons. The molecule has 0 aliphatic rings. The molecule has 7 nitrogen and oxygen atoms in total. The summed E-state index contributed by atoms with van der Waals surface area (Å²) in [6.07, 6.45) is 5.79. The van der Waals surface area contributed by atoms with E-state index in [4.69, 9.17) is 0 Å². The molecule has 0 saturated heterocycles. The summed E-state index contributed by atoms with van der Waals surface area (Å²) in [5.41, 5.74) is 1.51. The average molecular weight is 370 g/mol. The van der Waals surface area contributed by atoms with Crippen molar-refractivity contribution < 1.29 is 13.2 Å². The van der Waals surface area contributed by atoms with Gasteiger partial charge < -0.3 is 5.32 Å². The van der Waals surface area contributed by atoms with E-state index in [1.165, 1.54) is 10.5 Å². The van der Waals surface area contributed by atoms with Gasteiger partial charge in [-0.2, -0.15) is 0 Å². The van der Waals surface area contributed by atoms with Crippen molar-refractivity contribution in [3.63, 3.8) is 0 Å². The molecule has 2 aromatic heterocycles. The van der Waals surface area contributed by atoms with Gasteiger partial charge in [-0.15, -0.1) is 0 Å². The van der Waals surface area contributed by atoms with Gasteiger partial charge in [0.15, 0.2) is 0 Å². The predicted octanol–water partition coefficient (Wildman–Crippen LogP) is 1.83. The van der Waals surface area contributed by atoms with Crippen LogP contribution in [0.15, 0.2) is 61.1 Å². The second-order valence-corrected chi connectivity index (χ2v) is 7.59. The van der Waals surface area contributed by atoms with Crippen molar-refractivity contribution >= 4 is 32.5 Å². The highest BCUT2D eigenvalue weighted by Crippen LogP contribution is 2.26. The molecule has 1 aromatic carbocycles. The van der Waals surface area contributed by atoms with E-state index in [-0.39, 0.29) is 19.0 Å². The molecule has 0 spiro atoms. The van der Waals surface area contributed by atoms with Crippen LogP contribution in [0.5, 0.6) is 0 Å². The Labute approximate surface area is 151 Å². The van der Waals surface area contributed by atoms with E-state index in [0.29, 0.717) is 16.8 Å². The van der Waals surface area contributed by atoms with Crippen LogP contribution in [-0.2, 0) is 10.0 Å². The number of hydrogen-bond acceptors (Lipinski definition) is 5. The minimum Gasteiger partial charge on any atom is -0.350 e. The van der Waals surface area contributed by atoms with Crippen molar-refractivity contribution in [1.82, 2.24) is 15.3 Å². The van der Waals surface area contributed by atoms with Crippen LogP contribution in [0.2, 0.25) is 0 Å². The molecule has 3 aromatic rings. The number of sulfonamides is 1. The third kappa shape index (κ3) is 3.97. The van der Waals surface area contributed by atoms with Gasteiger partial charge in [0.05, 0.1) is 29.6 Å². The smallest absolute Gasteiger partial charge is 0.252 e. The quantitative estimate of drug-likeness (QED) is 0.715. The summed E-state index contributed by atoms with van der Waals surface area (Å²) in [6.45, 7) is 0.255. The van der Waals surface area contributed by atoms with E-state index in [1.54, 1.807) is 42.7 Å². The Balaban J connectivity index is 1.80. The van der Waals surface area contributed by atoms with Gasteiger partial charge >= 0.3 is 0 Å². The van der Waals surface area contributed by atoms with Crippen molar-refractivity contribution in [2.45, 2.75) is 0 Å². The molecule has 0 atom stereocenters. The monoisotopic (exact) mass is 370 g/mol. The highest BCUT2D eigenvalue weighted by molar-refractivity contribution is 7.92. The number of aromatic nitrogens is 2. The van der Waals surface area contributed by atoms with Gasteiger partial charge in [0.25, 0.3) is 5.91 Å². The van der Waals surface area contributed by atoms with E-state index < -0.39 is 10.0 Å². The molecule has 1 amide bonds. The Morgan fingerprint density at radius 3 is 2.62 bits per heavy atom. The van der Waals surface area contributed by atoms with Crippen LogP contribution >= 0.6 is 0 Å². The van der Waals surface area contributed by atoms with Crippen molar-refractivity contribution in [3.05, 3.63) is 66.6 Å². The first-order chi connectivity index (χ1) is 12.5. The Hall–Kier alpha value is -3.00.